The first kappa shape index (κ1) is 16.7. The zero-order valence-electron chi connectivity index (χ0n) is 14.2. The molecule has 1 saturated carbocycles. The first-order valence-electron chi connectivity index (χ1n) is 8.67. The summed E-state index contributed by atoms with van der Waals surface area (Å²) in [5.41, 5.74) is 0.292. The Balaban J connectivity index is 1.27. The number of piperidine rings is 1. The summed E-state index contributed by atoms with van der Waals surface area (Å²) < 4.78 is 10.4. The van der Waals surface area contributed by atoms with E-state index >= 15 is 0 Å². The van der Waals surface area contributed by atoms with Crippen LogP contribution in [0.3, 0.4) is 0 Å². The summed E-state index contributed by atoms with van der Waals surface area (Å²) in [7, 11) is 0. The highest BCUT2D eigenvalue weighted by Gasteiger charge is 2.59. The fourth-order valence-corrected chi connectivity index (χ4v) is 3.86. The molecule has 0 radical (unpaired) electrons. The second kappa shape index (κ2) is 6.19. The summed E-state index contributed by atoms with van der Waals surface area (Å²) in [5, 5.41) is 11.7. The summed E-state index contributed by atoms with van der Waals surface area (Å²) in [6.45, 7) is 1.14. The van der Waals surface area contributed by atoms with Gasteiger partial charge in [0.2, 0.25) is 12.7 Å². The van der Waals surface area contributed by atoms with E-state index in [0.29, 0.717) is 49.4 Å². The molecule has 1 aromatic rings. The van der Waals surface area contributed by atoms with Crippen LogP contribution in [-0.4, -0.2) is 54.2 Å². The van der Waals surface area contributed by atoms with Gasteiger partial charge in [-0.05, 0) is 42.9 Å². The summed E-state index contributed by atoms with van der Waals surface area (Å²) in [4.78, 5) is 37.3. The molecule has 0 aromatic heterocycles. The van der Waals surface area contributed by atoms with Crippen molar-refractivity contribution in [2.24, 2.45) is 11.3 Å². The number of amides is 2. The smallest absolute Gasteiger partial charge is 0.307 e. The van der Waals surface area contributed by atoms with E-state index in [9.17, 15) is 14.4 Å². The molecule has 1 aromatic carbocycles. The van der Waals surface area contributed by atoms with Crippen molar-refractivity contribution in [1.29, 1.82) is 0 Å². The van der Waals surface area contributed by atoms with Crippen LogP contribution in [0.15, 0.2) is 18.2 Å². The van der Waals surface area contributed by atoms with Crippen LogP contribution in [0.2, 0.25) is 0 Å². The van der Waals surface area contributed by atoms with Crippen molar-refractivity contribution in [3.63, 3.8) is 0 Å². The molecule has 0 bridgehead atoms. The van der Waals surface area contributed by atoms with Crippen molar-refractivity contribution in [3.8, 4) is 11.5 Å². The Kier molecular flexibility index (Phi) is 3.97. The van der Waals surface area contributed by atoms with Gasteiger partial charge < -0.3 is 24.8 Å². The highest BCUT2D eigenvalue weighted by atomic mass is 16.7. The maximum atomic E-state index is 12.3. The van der Waals surface area contributed by atoms with E-state index in [0.717, 1.165) is 0 Å². The van der Waals surface area contributed by atoms with Crippen molar-refractivity contribution in [1.82, 2.24) is 10.2 Å². The van der Waals surface area contributed by atoms with Crippen LogP contribution in [0.5, 0.6) is 11.5 Å². The fourth-order valence-electron chi connectivity index (χ4n) is 3.86. The minimum Gasteiger partial charge on any atom is -0.481 e. The number of carboxylic acids is 1. The van der Waals surface area contributed by atoms with E-state index in [2.05, 4.69) is 5.32 Å². The zero-order chi connectivity index (χ0) is 18.3. The molecule has 2 aliphatic heterocycles. The number of likely N-dealkylation sites (tertiary alicyclic amines) is 1. The molecule has 1 atom stereocenters. The van der Waals surface area contributed by atoms with Gasteiger partial charge in [0.15, 0.2) is 11.5 Å². The van der Waals surface area contributed by atoms with Gasteiger partial charge in [-0.15, -0.1) is 0 Å². The highest BCUT2D eigenvalue weighted by molar-refractivity contribution is 5.97. The van der Waals surface area contributed by atoms with Gasteiger partial charge in [-0.3, -0.25) is 14.4 Å². The average molecular weight is 360 g/mol. The molecule has 2 amide bonds. The summed E-state index contributed by atoms with van der Waals surface area (Å²) in [5.74, 6) is -0.381. The minimum absolute atomic E-state index is 0.0807. The van der Waals surface area contributed by atoms with E-state index < -0.39 is 5.97 Å². The first-order chi connectivity index (χ1) is 12.5. The molecule has 26 heavy (non-hydrogen) atoms. The van der Waals surface area contributed by atoms with Crippen LogP contribution >= 0.6 is 0 Å². The quantitative estimate of drug-likeness (QED) is 0.825. The van der Waals surface area contributed by atoms with Crippen LogP contribution in [0.25, 0.3) is 0 Å². The van der Waals surface area contributed by atoms with Crippen molar-refractivity contribution in [2.45, 2.75) is 19.3 Å². The number of aliphatic carboxylic acids is 1. The number of ether oxygens (including phenoxy) is 2. The third-order valence-corrected chi connectivity index (χ3v) is 5.63. The Morgan fingerprint density at radius 1 is 1.19 bits per heavy atom. The third kappa shape index (κ3) is 2.95. The van der Waals surface area contributed by atoms with Gasteiger partial charge in [0.25, 0.3) is 5.91 Å². The molecule has 3 aliphatic rings. The van der Waals surface area contributed by atoms with Crippen molar-refractivity contribution >= 4 is 17.8 Å². The van der Waals surface area contributed by atoms with Crippen LogP contribution in [-0.2, 0) is 9.59 Å². The Morgan fingerprint density at radius 3 is 2.62 bits per heavy atom. The van der Waals surface area contributed by atoms with Gasteiger partial charge in [0.1, 0.15) is 0 Å². The van der Waals surface area contributed by atoms with Gasteiger partial charge in [-0.25, -0.2) is 0 Å². The summed E-state index contributed by atoms with van der Waals surface area (Å²) in [6.07, 6.45) is 2.14. The van der Waals surface area contributed by atoms with Gasteiger partial charge in [-0.2, -0.15) is 0 Å². The van der Waals surface area contributed by atoms with Crippen LogP contribution < -0.4 is 14.8 Å². The van der Waals surface area contributed by atoms with E-state index in [4.69, 9.17) is 14.6 Å². The first-order valence-corrected chi connectivity index (χ1v) is 8.67. The van der Waals surface area contributed by atoms with Gasteiger partial charge in [0, 0.05) is 18.7 Å². The highest BCUT2D eigenvalue weighted by Crippen LogP contribution is 2.59. The lowest BCUT2D eigenvalue weighted by atomic mass is 9.91. The number of hydrogen-bond donors (Lipinski definition) is 2. The SMILES string of the molecule is O=C(NCC(=O)N1CCC2(CC1)CC2C(=O)O)c1ccc2c(c1)OCO2. The lowest BCUT2D eigenvalue weighted by molar-refractivity contribution is -0.139. The number of carbonyl (C=O) groups excluding carboxylic acids is 2. The van der Waals surface area contributed by atoms with E-state index in [1.807, 2.05) is 0 Å². The van der Waals surface area contributed by atoms with Gasteiger partial charge in [-0.1, -0.05) is 0 Å². The zero-order valence-corrected chi connectivity index (χ0v) is 14.2. The lowest BCUT2D eigenvalue weighted by Gasteiger charge is -2.32. The predicted molar refractivity (Wildman–Crippen MR) is 88.9 cm³/mol. The molecule has 138 valence electrons. The number of rotatable bonds is 4. The van der Waals surface area contributed by atoms with Gasteiger partial charge in [0.05, 0.1) is 12.5 Å². The van der Waals surface area contributed by atoms with Crippen molar-refractivity contribution < 1.29 is 29.0 Å². The molecule has 2 fully saturated rings. The molecule has 8 heteroatoms. The number of carboxylic acid groups (broad SMARTS) is 1. The lowest BCUT2D eigenvalue weighted by Crippen LogP contribution is -2.45. The maximum absolute atomic E-state index is 12.3. The van der Waals surface area contributed by atoms with Crippen molar-refractivity contribution in [3.05, 3.63) is 23.8 Å². The molecule has 2 heterocycles. The topological polar surface area (TPSA) is 105 Å². The standard InChI is InChI=1S/C18H20N2O6/c21-15(20-5-3-18(4-6-20)8-12(18)17(23)24)9-19-16(22)11-1-2-13-14(7-11)26-10-25-13/h1-2,7,12H,3-6,8-10H2,(H,19,22)(H,23,24). The molecule has 1 aliphatic carbocycles. The summed E-state index contributed by atoms with van der Waals surface area (Å²) in [6, 6.07) is 4.88. The Morgan fingerprint density at radius 2 is 1.92 bits per heavy atom. The van der Waals surface area contributed by atoms with Crippen LogP contribution in [0.4, 0.5) is 0 Å². The Bertz CT molecular complexity index is 769. The van der Waals surface area contributed by atoms with Gasteiger partial charge >= 0.3 is 5.97 Å². The fraction of sp³-hybridized carbons (Fsp3) is 0.500. The number of fused-ring (bicyclic) bond motifs is 1. The van der Waals surface area contributed by atoms with E-state index in [-0.39, 0.29) is 36.5 Å². The molecular weight excluding hydrogens is 340 g/mol. The van der Waals surface area contributed by atoms with E-state index in [1.165, 1.54) is 0 Å². The summed E-state index contributed by atoms with van der Waals surface area (Å²) >= 11 is 0. The Hall–Kier alpha value is -2.77. The molecule has 2 N–H and O–H groups in total. The normalized spacial score (nSPS) is 22.2. The third-order valence-electron chi connectivity index (χ3n) is 5.63. The number of benzene rings is 1. The molecule has 1 saturated heterocycles. The monoisotopic (exact) mass is 360 g/mol. The maximum Gasteiger partial charge on any atom is 0.307 e. The van der Waals surface area contributed by atoms with Crippen LogP contribution in [0.1, 0.15) is 29.6 Å². The molecule has 1 spiro atoms. The molecule has 1 unspecified atom stereocenters. The minimum atomic E-state index is -0.735. The number of hydrogen-bond acceptors (Lipinski definition) is 5. The number of carbonyl (C=O) groups is 3. The second-order valence-electron chi connectivity index (χ2n) is 7.09. The van der Waals surface area contributed by atoms with Crippen molar-refractivity contribution in [2.75, 3.05) is 26.4 Å². The van der Waals surface area contributed by atoms with Crippen LogP contribution in [0, 0.1) is 11.3 Å². The largest absolute Gasteiger partial charge is 0.481 e. The predicted octanol–water partition coefficient (Wildman–Crippen LogP) is 0.858. The Labute approximate surface area is 150 Å². The number of nitrogens with one attached hydrogen (secondary N) is 1. The van der Waals surface area contributed by atoms with E-state index in [1.54, 1.807) is 23.1 Å². The number of nitrogens with zero attached hydrogens (tertiary/aromatic N) is 1. The average Bonchev–Trinajstić information content (AvgIpc) is 3.14. The molecule has 8 nitrogen and oxygen atoms in total. The molecule has 4 rings (SSSR count). The second-order valence-corrected chi connectivity index (χ2v) is 7.09. The molecular formula is C18H20N2O6.